The number of hydrogen-bond acceptors (Lipinski definition) is 5. The van der Waals surface area contributed by atoms with Gasteiger partial charge in [-0.15, -0.1) is 0 Å². The molecule has 0 saturated carbocycles. The number of amides is 2. The molecule has 20 heavy (non-hydrogen) atoms. The van der Waals surface area contributed by atoms with Crippen LogP contribution in [0.4, 0.5) is 0 Å². The van der Waals surface area contributed by atoms with E-state index in [4.69, 9.17) is 14.2 Å². The van der Waals surface area contributed by atoms with Crippen LogP contribution in [-0.2, 0) is 20.9 Å². The highest BCUT2D eigenvalue weighted by atomic mass is 16.5. The topological polar surface area (TPSA) is 73.9 Å². The van der Waals surface area contributed by atoms with Crippen LogP contribution in [0, 0.1) is 0 Å². The van der Waals surface area contributed by atoms with E-state index in [1.54, 1.807) is 26.4 Å². The third-order valence-electron chi connectivity index (χ3n) is 2.81. The fraction of sp³-hybridized carbons (Fsp3) is 0.286. The molecule has 6 nitrogen and oxygen atoms in total. The summed E-state index contributed by atoms with van der Waals surface area (Å²) in [6.45, 7) is 0.394. The van der Waals surface area contributed by atoms with E-state index in [2.05, 4.69) is 5.32 Å². The lowest BCUT2D eigenvalue weighted by Crippen LogP contribution is -2.23. The monoisotopic (exact) mass is 277 g/mol. The number of carbonyl (C=O) groups is 2. The first kappa shape index (κ1) is 14.1. The zero-order valence-electron chi connectivity index (χ0n) is 11.3. The molecule has 0 spiro atoms. The fourth-order valence-corrected chi connectivity index (χ4v) is 1.81. The number of benzene rings is 1. The summed E-state index contributed by atoms with van der Waals surface area (Å²) in [6, 6.07) is 5.42. The van der Waals surface area contributed by atoms with Gasteiger partial charge in [0.1, 0.15) is 0 Å². The Labute approximate surface area is 116 Å². The Morgan fingerprint density at radius 1 is 1.05 bits per heavy atom. The number of carbonyl (C=O) groups excluding carboxylic acids is 2. The van der Waals surface area contributed by atoms with Gasteiger partial charge in [-0.1, -0.05) is 6.07 Å². The van der Waals surface area contributed by atoms with Crippen LogP contribution >= 0.6 is 0 Å². The maximum atomic E-state index is 11.3. The van der Waals surface area contributed by atoms with Crippen molar-refractivity contribution in [2.24, 2.45) is 0 Å². The van der Waals surface area contributed by atoms with E-state index in [-0.39, 0.29) is 6.61 Å². The number of imide groups is 1. The summed E-state index contributed by atoms with van der Waals surface area (Å²) in [7, 11) is 3.12. The molecule has 0 radical (unpaired) electrons. The largest absolute Gasteiger partial charge is 0.493 e. The standard InChI is InChI=1S/C14H15NO5/c1-18-11-4-3-9(5-12(11)19-2)7-20-8-10-6-13(16)15-14(10)17/h3-6H,7-8H2,1-2H3,(H,15,16,17). The minimum Gasteiger partial charge on any atom is -0.493 e. The summed E-state index contributed by atoms with van der Waals surface area (Å²) in [6.07, 6.45) is 1.25. The molecule has 2 rings (SSSR count). The maximum absolute atomic E-state index is 11.3. The molecule has 0 atom stereocenters. The average molecular weight is 277 g/mol. The highest BCUT2D eigenvalue weighted by molar-refractivity contribution is 6.16. The van der Waals surface area contributed by atoms with Crippen LogP contribution in [0.5, 0.6) is 11.5 Å². The smallest absolute Gasteiger partial charge is 0.256 e. The summed E-state index contributed by atoms with van der Waals surface area (Å²) in [5, 5.41) is 2.16. The summed E-state index contributed by atoms with van der Waals surface area (Å²) < 4.78 is 15.7. The van der Waals surface area contributed by atoms with E-state index in [0.717, 1.165) is 5.56 Å². The van der Waals surface area contributed by atoms with Gasteiger partial charge in [0.05, 0.1) is 27.4 Å². The minimum atomic E-state index is -0.403. The van der Waals surface area contributed by atoms with E-state index in [0.29, 0.717) is 23.7 Å². The summed E-state index contributed by atoms with van der Waals surface area (Å²) >= 11 is 0. The predicted molar refractivity (Wildman–Crippen MR) is 70.4 cm³/mol. The summed E-state index contributed by atoms with van der Waals surface area (Å²) in [5.41, 5.74) is 1.21. The molecule has 106 valence electrons. The zero-order valence-corrected chi connectivity index (χ0v) is 11.3. The molecular formula is C14H15NO5. The van der Waals surface area contributed by atoms with Crippen molar-refractivity contribution in [3.63, 3.8) is 0 Å². The van der Waals surface area contributed by atoms with Crippen LogP contribution in [-0.4, -0.2) is 32.6 Å². The van der Waals surface area contributed by atoms with Crippen LogP contribution in [0.25, 0.3) is 0 Å². The molecule has 1 aromatic carbocycles. The van der Waals surface area contributed by atoms with Crippen molar-refractivity contribution in [1.82, 2.24) is 5.32 Å². The van der Waals surface area contributed by atoms with Crippen molar-refractivity contribution in [2.75, 3.05) is 20.8 Å². The van der Waals surface area contributed by atoms with Crippen LogP contribution < -0.4 is 14.8 Å². The number of methoxy groups -OCH3 is 2. The number of ether oxygens (including phenoxy) is 3. The van der Waals surface area contributed by atoms with Gasteiger partial charge < -0.3 is 14.2 Å². The minimum absolute atomic E-state index is 0.0892. The van der Waals surface area contributed by atoms with E-state index >= 15 is 0 Å². The molecule has 0 aliphatic carbocycles. The molecule has 2 amide bonds. The Balaban J connectivity index is 1.93. The third-order valence-corrected chi connectivity index (χ3v) is 2.81. The second-order valence-electron chi connectivity index (χ2n) is 4.17. The Morgan fingerprint density at radius 3 is 2.40 bits per heavy atom. The average Bonchev–Trinajstić information content (AvgIpc) is 2.77. The number of rotatable bonds is 6. The second-order valence-corrected chi connectivity index (χ2v) is 4.17. The molecule has 1 aliphatic heterocycles. The first-order valence-corrected chi connectivity index (χ1v) is 5.98. The molecule has 1 aromatic rings. The van der Waals surface area contributed by atoms with Gasteiger partial charge in [0.2, 0.25) is 0 Å². The van der Waals surface area contributed by atoms with Crippen molar-refractivity contribution < 1.29 is 23.8 Å². The molecule has 0 aromatic heterocycles. The number of hydrogen-bond donors (Lipinski definition) is 1. The van der Waals surface area contributed by atoms with Gasteiger partial charge in [-0.2, -0.15) is 0 Å². The normalized spacial score (nSPS) is 14.0. The van der Waals surface area contributed by atoms with Gasteiger partial charge in [-0.3, -0.25) is 14.9 Å². The first-order chi connectivity index (χ1) is 9.63. The Kier molecular flexibility index (Phi) is 4.37. The first-order valence-electron chi connectivity index (χ1n) is 5.98. The van der Waals surface area contributed by atoms with E-state index in [9.17, 15) is 9.59 Å². The maximum Gasteiger partial charge on any atom is 0.256 e. The van der Waals surface area contributed by atoms with Gasteiger partial charge in [-0.25, -0.2) is 0 Å². The SMILES string of the molecule is COc1ccc(COCC2=CC(=O)NC2=O)cc1OC. The molecule has 1 N–H and O–H groups in total. The second kappa shape index (κ2) is 6.21. The molecule has 6 heteroatoms. The van der Waals surface area contributed by atoms with Crippen molar-refractivity contribution >= 4 is 11.8 Å². The van der Waals surface area contributed by atoms with E-state index < -0.39 is 11.8 Å². The van der Waals surface area contributed by atoms with Gasteiger partial charge >= 0.3 is 0 Å². The Bertz CT molecular complexity index is 565. The molecule has 0 bridgehead atoms. The molecule has 1 aliphatic rings. The summed E-state index contributed by atoms with van der Waals surface area (Å²) in [4.78, 5) is 22.3. The molecule has 0 fully saturated rings. The molecule has 0 saturated heterocycles. The Morgan fingerprint density at radius 2 is 1.80 bits per heavy atom. The van der Waals surface area contributed by atoms with Crippen molar-refractivity contribution in [3.05, 3.63) is 35.4 Å². The van der Waals surface area contributed by atoms with Gasteiger partial charge in [0, 0.05) is 11.6 Å². The van der Waals surface area contributed by atoms with E-state index in [1.807, 2.05) is 6.07 Å². The van der Waals surface area contributed by atoms with Crippen LogP contribution in [0.15, 0.2) is 29.8 Å². The molecular weight excluding hydrogens is 262 g/mol. The van der Waals surface area contributed by atoms with Crippen LogP contribution in [0.1, 0.15) is 5.56 Å². The highest BCUT2D eigenvalue weighted by Crippen LogP contribution is 2.27. The number of nitrogens with one attached hydrogen (secondary N) is 1. The zero-order chi connectivity index (χ0) is 14.5. The molecule has 1 heterocycles. The highest BCUT2D eigenvalue weighted by Gasteiger charge is 2.20. The fourth-order valence-electron chi connectivity index (χ4n) is 1.81. The van der Waals surface area contributed by atoms with Crippen LogP contribution in [0.2, 0.25) is 0 Å². The van der Waals surface area contributed by atoms with Gasteiger partial charge in [-0.05, 0) is 17.7 Å². The van der Waals surface area contributed by atoms with Crippen molar-refractivity contribution in [2.45, 2.75) is 6.61 Å². The quantitative estimate of drug-likeness (QED) is 0.779. The van der Waals surface area contributed by atoms with E-state index in [1.165, 1.54) is 6.08 Å². The van der Waals surface area contributed by atoms with Crippen molar-refractivity contribution in [1.29, 1.82) is 0 Å². The third kappa shape index (κ3) is 3.16. The van der Waals surface area contributed by atoms with Crippen LogP contribution in [0.3, 0.4) is 0 Å². The Hall–Kier alpha value is -2.34. The predicted octanol–water partition coefficient (Wildman–Crippen LogP) is 0.803. The van der Waals surface area contributed by atoms with Gasteiger partial charge in [0.25, 0.3) is 11.8 Å². The molecule has 0 unspecified atom stereocenters. The lowest BCUT2D eigenvalue weighted by atomic mass is 10.2. The summed E-state index contributed by atoms with van der Waals surface area (Å²) in [5.74, 6) is 0.448. The van der Waals surface area contributed by atoms with Crippen molar-refractivity contribution in [3.8, 4) is 11.5 Å². The lowest BCUT2D eigenvalue weighted by Gasteiger charge is -2.10. The van der Waals surface area contributed by atoms with Gasteiger partial charge in [0.15, 0.2) is 11.5 Å². The lowest BCUT2D eigenvalue weighted by molar-refractivity contribution is -0.124.